The molecule has 6 nitrogen and oxygen atoms in total. The molecule has 1 fully saturated rings. The fraction of sp³-hybridized carbons (Fsp3) is 0.545. The molecule has 0 aromatic heterocycles. The lowest BCUT2D eigenvalue weighted by Gasteiger charge is -2.09. The molecular formula is C11H16N2O4. The lowest BCUT2D eigenvalue weighted by Crippen LogP contribution is -2.21. The molecule has 2 aliphatic heterocycles. The van der Waals surface area contributed by atoms with Crippen LogP contribution in [0.1, 0.15) is 13.3 Å². The van der Waals surface area contributed by atoms with Crippen molar-refractivity contribution in [2.75, 3.05) is 19.6 Å². The summed E-state index contributed by atoms with van der Waals surface area (Å²) in [5.41, 5.74) is 0. The van der Waals surface area contributed by atoms with Crippen LogP contribution >= 0.6 is 0 Å². The van der Waals surface area contributed by atoms with Crippen molar-refractivity contribution >= 4 is 17.8 Å². The van der Waals surface area contributed by atoms with Gasteiger partial charge in [0.15, 0.2) is 0 Å². The largest absolute Gasteiger partial charge is 0.478 e. The van der Waals surface area contributed by atoms with Crippen molar-refractivity contribution in [3.8, 4) is 0 Å². The summed E-state index contributed by atoms with van der Waals surface area (Å²) in [5, 5.41) is 15.6. The molecular weight excluding hydrogens is 224 g/mol. The van der Waals surface area contributed by atoms with E-state index in [1.54, 1.807) is 0 Å². The molecule has 0 aromatic rings. The van der Waals surface area contributed by atoms with E-state index < -0.39 is 11.9 Å². The second-order valence-corrected chi connectivity index (χ2v) is 4.06. The molecule has 0 spiro atoms. The quantitative estimate of drug-likeness (QED) is 0.684. The Hall–Kier alpha value is -1.85. The van der Waals surface area contributed by atoms with Crippen LogP contribution in [0.2, 0.25) is 0 Å². The molecule has 0 bridgehead atoms. The van der Waals surface area contributed by atoms with E-state index in [9.17, 15) is 9.59 Å². The molecule has 0 saturated carbocycles. The zero-order chi connectivity index (χ0) is 12.8. The third kappa shape index (κ3) is 4.67. The van der Waals surface area contributed by atoms with Gasteiger partial charge in [-0.2, -0.15) is 0 Å². The van der Waals surface area contributed by atoms with Gasteiger partial charge in [-0.15, -0.1) is 0 Å². The number of aliphatic imine (C=N–C) groups is 1. The first-order valence-electron chi connectivity index (χ1n) is 5.41. The maximum Gasteiger partial charge on any atom is 0.328 e. The molecule has 0 aromatic carbocycles. The highest BCUT2D eigenvalue weighted by Gasteiger charge is 2.26. The predicted molar refractivity (Wildman–Crippen MR) is 62.1 cm³/mol. The van der Waals surface area contributed by atoms with Crippen LogP contribution in [0.25, 0.3) is 0 Å². The first kappa shape index (κ1) is 13.2. The Kier molecular flexibility index (Phi) is 4.68. The number of carbonyl (C=O) groups is 2. The minimum absolute atomic E-state index is 0.558. The number of amidine groups is 1. The van der Waals surface area contributed by atoms with Crippen LogP contribution in [0, 0.1) is 5.92 Å². The summed E-state index contributed by atoms with van der Waals surface area (Å²) in [5.74, 6) is -0.300. The van der Waals surface area contributed by atoms with Crippen LogP contribution in [0.5, 0.6) is 0 Å². The van der Waals surface area contributed by atoms with Gasteiger partial charge in [0.2, 0.25) is 0 Å². The number of hydrogen-bond donors (Lipinski definition) is 2. The number of fused-ring (bicyclic) bond motifs is 1. The monoisotopic (exact) mass is 240 g/mol. The number of hydrogen-bond acceptors (Lipinski definition) is 4. The summed E-state index contributed by atoms with van der Waals surface area (Å²) in [6.07, 6.45) is 2.34. The van der Waals surface area contributed by atoms with E-state index in [0.717, 1.165) is 12.5 Å². The molecule has 1 saturated heterocycles. The smallest absolute Gasteiger partial charge is 0.328 e. The summed E-state index contributed by atoms with van der Waals surface area (Å²) in [4.78, 5) is 25.9. The number of aliphatic carboxylic acids is 2. The topological polar surface area (TPSA) is 90.2 Å². The molecule has 94 valence electrons. The van der Waals surface area contributed by atoms with Crippen LogP contribution < -0.4 is 0 Å². The molecule has 1 atom stereocenters. The Labute approximate surface area is 99.3 Å². The van der Waals surface area contributed by atoms with E-state index in [2.05, 4.69) is 16.8 Å². The van der Waals surface area contributed by atoms with Crippen LogP contribution in [-0.4, -0.2) is 52.5 Å². The van der Waals surface area contributed by atoms with Crippen molar-refractivity contribution in [1.29, 1.82) is 0 Å². The zero-order valence-corrected chi connectivity index (χ0v) is 9.67. The minimum Gasteiger partial charge on any atom is -0.478 e. The first-order valence-corrected chi connectivity index (χ1v) is 5.41. The van der Waals surface area contributed by atoms with Gasteiger partial charge in [0.25, 0.3) is 0 Å². The summed E-state index contributed by atoms with van der Waals surface area (Å²) in [7, 11) is 0. The van der Waals surface area contributed by atoms with Crippen LogP contribution in [0.4, 0.5) is 0 Å². The molecule has 2 heterocycles. The van der Waals surface area contributed by atoms with Crippen molar-refractivity contribution in [1.82, 2.24) is 4.90 Å². The van der Waals surface area contributed by atoms with Crippen molar-refractivity contribution < 1.29 is 19.8 Å². The summed E-state index contributed by atoms with van der Waals surface area (Å²) >= 11 is 0. The molecule has 2 N–H and O–H groups in total. The Bertz CT molecular complexity index is 346. The Morgan fingerprint density at radius 3 is 2.41 bits per heavy atom. The van der Waals surface area contributed by atoms with Crippen LogP contribution in [0.15, 0.2) is 17.1 Å². The first-order chi connectivity index (χ1) is 7.99. The second kappa shape index (κ2) is 6.03. The van der Waals surface area contributed by atoms with Gasteiger partial charge in [-0.25, -0.2) is 9.59 Å². The van der Waals surface area contributed by atoms with E-state index in [4.69, 9.17) is 10.2 Å². The van der Waals surface area contributed by atoms with Crippen LogP contribution in [-0.2, 0) is 9.59 Å². The maximum absolute atomic E-state index is 9.55. The van der Waals surface area contributed by atoms with E-state index in [1.165, 1.54) is 25.3 Å². The van der Waals surface area contributed by atoms with E-state index in [0.29, 0.717) is 12.2 Å². The Morgan fingerprint density at radius 1 is 1.35 bits per heavy atom. The number of rotatable bonds is 2. The fourth-order valence-corrected chi connectivity index (χ4v) is 1.81. The van der Waals surface area contributed by atoms with Gasteiger partial charge in [-0.05, 0) is 5.92 Å². The van der Waals surface area contributed by atoms with Gasteiger partial charge >= 0.3 is 11.9 Å². The van der Waals surface area contributed by atoms with Gasteiger partial charge in [-0.1, -0.05) is 6.92 Å². The number of carboxylic acid groups (broad SMARTS) is 2. The average molecular weight is 240 g/mol. The standard InChI is InChI=1S/C7H12N2.C4H4O4/c1-6-4-7-8-2-3-9(7)5-6;5-3(6)1-2-4(7)8/h6H,2-5H2,1H3;1-2H,(H,5,6)(H,7,8)/b;2-1+. The minimum atomic E-state index is -1.26. The molecule has 6 heteroatoms. The Balaban J connectivity index is 0.000000172. The molecule has 2 rings (SSSR count). The van der Waals surface area contributed by atoms with Crippen molar-refractivity contribution in [3.05, 3.63) is 12.2 Å². The molecule has 0 radical (unpaired) electrons. The molecule has 0 aliphatic carbocycles. The third-order valence-electron chi connectivity index (χ3n) is 2.46. The second-order valence-electron chi connectivity index (χ2n) is 4.06. The highest BCUT2D eigenvalue weighted by molar-refractivity contribution is 5.89. The molecule has 2 aliphatic rings. The van der Waals surface area contributed by atoms with Gasteiger partial charge in [0.05, 0.1) is 12.4 Å². The van der Waals surface area contributed by atoms with Gasteiger partial charge in [-0.3, -0.25) is 4.99 Å². The lowest BCUT2D eigenvalue weighted by molar-refractivity contribution is -0.134. The lowest BCUT2D eigenvalue weighted by atomic mass is 10.1. The van der Waals surface area contributed by atoms with E-state index in [1.807, 2.05) is 0 Å². The molecule has 0 amide bonds. The zero-order valence-electron chi connectivity index (χ0n) is 9.67. The highest BCUT2D eigenvalue weighted by atomic mass is 16.4. The third-order valence-corrected chi connectivity index (χ3v) is 2.46. The predicted octanol–water partition coefficient (Wildman–Crippen LogP) is 0.452. The van der Waals surface area contributed by atoms with Crippen molar-refractivity contribution in [2.24, 2.45) is 10.9 Å². The van der Waals surface area contributed by atoms with Gasteiger partial charge in [0.1, 0.15) is 0 Å². The molecule has 1 unspecified atom stereocenters. The van der Waals surface area contributed by atoms with Gasteiger partial charge < -0.3 is 15.1 Å². The average Bonchev–Trinajstić information content (AvgIpc) is 2.75. The van der Waals surface area contributed by atoms with Gasteiger partial charge in [0, 0.05) is 31.7 Å². The fourth-order valence-electron chi connectivity index (χ4n) is 1.81. The van der Waals surface area contributed by atoms with Crippen molar-refractivity contribution in [3.63, 3.8) is 0 Å². The number of nitrogens with zero attached hydrogens (tertiary/aromatic N) is 2. The summed E-state index contributed by atoms with van der Waals surface area (Å²) in [6, 6.07) is 0. The molecule has 17 heavy (non-hydrogen) atoms. The number of carboxylic acids is 2. The SMILES string of the molecule is CC1CC2=NCCN2C1.O=C(O)/C=C/C(=O)O. The summed E-state index contributed by atoms with van der Waals surface area (Å²) in [6.45, 7) is 5.77. The highest BCUT2D eigenvalue weighted by Crippen LogP contribution is 2.20. The maximum atomic E-state index is 9.55. The normalized spacial score (nSPS) is 21.8. The van der Waals surface area contributed by atoms with Crippen molar-refractivity contribution in [2.45, 2.75) is 13.3 Å². The summed E-state index contributed by atoms with van der Waals surface area (Å²) < 4.78 is 0. The van der Waals surface area contributed by atoms with E-state index in [-0.39, 0.29) is 0 Å². The van der Waals surface area contributed by atoms with E-state index >= 15 is 0 Å². The van der Waals surface area contributed by atoms with Crippen LogP contribution in [0.3, 0.4) is 0 Å². The Morgan fingerprint density at radius 2 is 1.94 bits per heavy atom.